The highest BCUT2D eigenvalue weighted by Crippen LogP contribution is 2.28. The lowest BCUT2D eigenvalue weighted by molar-refractivity contribution is -0.115. The summed E-state index contributed by atoms with van der Waals surface area (Å²) in [6, 6.07) is 13.9. The van der Waals surface area contributed by atoms with Crippen LogP contribution >= 0.6 is 11.3 Å². The van der Waals surface area contributed by atoms with Crippen LogP contribution in [0.15, 0.2) is 47.8 Å². The number of nitrogens with one attached hydrogen (secondary N) is 1. The number of thiazole rings is 1. The Kier molecular flexibility index (Phi) is 5.14. The Morgan fingerprint density at radius 2 is 1.92 bits per heavy atom. The second-order valence-electron chi connectivity index (χ2n) is 5.93. The quantitative estimate of drug-likeness (QED) is 0.729. The zero-order valence-electron chi connectivity index (χ0n) is 14.5. The van der Waals surface area contributed by atoms with Crippen LogP contribution in [-0.4, -0.2) is 18.0 Å². The molecule has 0 saturated carbocycles. The van der Waals surface area contributed by atoms with Gasteiger partial charge in [0.2, 0.25) is 5.91 Å². The number of anilines is 1. The van der Waals surface area contributed by atoms with Crippen molar-refractivity contribution in [1.82, 2.24) is 4.98 Å². The second-order valence-corrected chi connectivity index (χ2v) is 6.79. The van der Waals surface area contributed by atoms with E-state index in [0.29, 0.717) is 11.6 Å². The van der Waals surface area contributed by atoms with Crippen LogP contribution in [0.1, 0.15) is 16.7 Å². The summed E-state index contributed by atoms with van der Waals surface area (Å²) in [6.45, 7) is 4.03. The predicted octanol–water partition coefficient (Wildman–Crippen LogP) is 4.62. The Hall–Kier alpha value is -2.66. The molecule has 0 radical (unpaired) electrons. The number of hydrogen-bond donors (Lipinski definition) is 1. The number of carbonyl (C=O) groups excluding carboxylic acids is 1. The summed E-state index contributed by atoms with van der Waals surface area (Å²) in [5.74, 6) is 0.793. The number of aromatic nitrogens is 1. The summed E-state index contributed by atoms with van der Waals surface area (Å²) in [7, 11) is 1.66. The van der Waals surface area contributed by atoms with Crippen LogP contribution in [0, 0.1) is 13.8 Å². The molecule has 5 heteroatoms. The molecule has 0 atom stereocenters. The fourth-order valence-electron chi connectivity index (χ4n) is 2.56. The molecule has 0 fully saturated rings. The Morgan fingerprint density at radius 3 is 2.60 bits per heavy atom. The molecule has 1 aromatic heterocycles. The van der Waals surface area contributed by atoms with Crippen LogP contribution in [0.2, 0.25) is 0 Å². The number of benzene rings is 2. The second kappa shape index (κ2) is 7.49. The smallest absolute Gasteiger partial charge is 0.230 e. The number of amides is 1. The highest BCUT2D eigenvalue weighted by Gasteiger charge is 2.10. The van der Waals surface area contributed by atoms with Gasteiger partial charge in [-0.25, -0.2) is 4.98 Å². The van der Waals surface area contributed by atoms with Crippen molar-refractivity contribution in [2.24, 2.45) is 0 Å². The average Bonchev–Trinajstić information content (AvgIpc) is 3.05. The van der Waals surface area contributed by atoms with Gasteiger partial charge in [-0.2, -0.15) is 0 Å². The number of hydrogen-bond acceptors (Lipinski definition) is 4. The van der Waals surface area contributed by atoms with Crippen molar-refractivity contribution in [3.63, 3.8) is 0 Å². The van der Waals surface area contributed by atoms with Gasteiger partial charge in [-0.1, -0.05) is 29.8 Å². The van der Waals surface area contributed by atoms with E-state index in [4.69, 9.17) is 4.74 Å². The van der Waals surface area contributed by atoms with Crippen molar-refractivity contribution >= 4 is 22.4 Å². The number of rotatable bonds is 5. The topological polar surface area (TPSA) is 51.2 Å². The van der Waals surface area contributed by atoms with Gasteiger partial charge in [0.05, 0.1) is 19.2 Å². The first-order valence-corrected chi connectivity index (χ1v) is 8.89. The molecule has 3 rings (SSSR count). The molecule has 0 aliphatic rings. The molecule has 25 heavy (non-hydrogen) atoms. The fourth-order valence-corrected chi connectivity index (χ4v) is 3.29. The Labute approximate surface area is 151 Å². The Morgan fingerprint density at radius 1 is 1.16 bits per heavy atom. The third-order valence-corrected chi connectivity index (χ3v) is 4.68. The van der Waals surface area contributed by atoms with E-state index in [2.05, 4.69) is 10.3 Å². The lowest BCUT2D eigenvalue weighted by Crippen LogP contribution is -2.14. The summed E-state index contributed by atoms with van der Waals surface area (Å²) in [4.78, 5) is 16.7. The van der Waals surface area contributed by atoms with Crippen molar-refractivity contribution in [3.8, 4) is 17.0 Å². The summed E-state index contributed by atoms with van der Waals surface area (Å²) >= 11 is 1.43. The number of carbonyl (C=O) groups is 1. The number of ether oxygens (including phenoxy) is 1. The maximum Gasteiger partial charge on any atom is 0.230 e. The van der Waals surface area contributed by atoms with E-state index < -0.39 is 0 Å². The number of nitrogens with zero attached hydrogens (tertiary/aromatic N) is 1. The molecule has 4 nitrogen and oxygen atoms in total. The summed E-state index contributed by atoms with van der Waals surface area (Å²) in [6.07, 6.45) is 0.344. The van der Waals surface area contributed by atoms with E-state index in [0.717, 1.165) is 28.1 Å². The molecule has 0 bridgehead atoms. The minimum absolute atomic E-state index is 0.0596. The molecule has 1 amide bonds. The zero-order chi connectivity index (χ0) is 17.8. The minimum atomic E-state index is -0.0596. The minimum Gasteiger partial charge on any atom is -0.496 e. The highest BCUT2D eigenvalue weighted by atomic mass is 32.1. The first kappa shape index (κ1) is 17.2. The maximum absolute atomic E-state index is 12.2. The predicted molar refractivity (Wildman–Crippen MR) is 102 cm³/mol. The molecule has 3 aromatic rings. The van der Waals surface area contributed by atoms with Gasteiger partial charge in [0.25, 0.3) is 0 Å². The Bertz CT molecular complexity index is 885. The first-order valence-electron chi connectivity index (χ1n) is 8.01. The van der Waals surface area contributed by atoms with Gasteiger partial charge in [0.1, 0.15) is 5.75 Å². The normalized spacial score (nSPS) is 10.5. The number of methoxy groups -OCH3 is 1. The van der Waals surface area contributed by atoms with Gasteiger partial charge in [0.15, 0.2) is 5.13 Å². The van der Waals surface area contributed by atoms with E-state index in [9.17, 15) is 4.79 Å². The fraction of sp³-hybridized carbons (Fsp3) is 0.200. The van der Waals surface area contributed by atoms with Gasteiger partial charge >= 0.3 is 0 Å². The summed E-state index contributed by atoms with van der Waals surface area (Å²) in [5, 5.41) is 5.43. The van der Waals surface area contributed by atoms with Crippen molar-refractivity contribution in [1.29, 1.82) is 0 Å². The van der Waals surface area contributed by atoms with Gasteiger partial charge < -0.3 is 10.1 Å². The highest BCUT2D eigenvalue weighted by molar-refractivity contribution is 7.14. The van der Waals surface area contributed by atoms with Gasteiger partial charge in [-0.05, 0) is 43.2 Å². The first-order chi connectivity index (χ1) is 12.0. The van der Waals surface area contributed by atoms with Crippen molar-refractivity contribution in [3.05, 3.63) is 64.5 Å². The third-order valence-electron chi connectivity index (χ3n) is 3.93. The molecule has 0 spiro atoms. The van der Waals surface area contributed by atoms with Crippen LogP contribution in [0.4, 0.5) is 5.13 Å². The third kappa shape index (κ3) is 4.25. The van der Waals surface area contributed by atoms with Crippen LogP contribution in [0.3, 0.4) is 0 Å². The molecule has 0 aliphatic heterocycles. The van der Waals surface area contributed by atoms with Crippen LogP contribution in [-0.2, 0) is 11.2 Å². The summed E-state index contributed by atoms with van der Waals surface area (Å²) in [5.41, 5.74) is 5.09. The lowest BCUT2D eigenvalue weighted by atomic mass is 10.1. The Balaban J connectivity index is 1.68. The standard InChI is InChI=1S/C20H20N2O2S/c1-13-4-6-15(7-5-13)11-19(23)22-20-21-17(12-25-20)16-8-9-18(24-3)14(2)10-16/h4-10,12H,11H2,1-3H3,(H,21,22,23). The molecule has 1 heterocycles. The van der Waals surface area contributed by atoms with E-state index >= 15 is 0 Å². The van der Waals surface area contributed by atoms with Crippen molar-refractivity contribution < 1.29 is 9.53 Å². The zero-order valence-corrected chi connectivity index (χ0v) is 15.3. The molecule has 128 valence electrons. The average molecular weight is 352 g/mol. The van der Waals surface area contributed by atoms with Gasteiger partial charge in [-0.3, -0.25) is 4.79 Å². The van der Waals surface area contributed by atoms with Crippen LogP contribution in [0.5, 0.6) is 5.75 Å². The van der Waals surface area contributed by atoms with Crippen LogP contribution in [0.25, 0.3) is 11.3 Å². The lowest BCUT2D eigenvalue weighted by Gasteiger charge is -2.05. The van der Waals surface area contributed by atoms with E-state index in [1.165, 1.54) is 16.9 Å². The number of aryl methyl sites for hydroxylation is 2. The molecule has 0 saturated heterocycles. The summed E-state index contributed by atoms with van der Waals surface area (Å²) < 4.78 is 5.28. The molecular formula is C20H20N2O2S. The van der Waals surface area contributed by atoms with Gasteiger partial charge in [-0.15, -0.1) is 11.3 Å². The van der Waals surface area contributed by atoms with Crippen molar-refractivity contribution in [2.45, 2.75) is 20.3 Å². The van der Waals surface area contributed by atoms with E-state index in [1.54, 1.807) is 7.11 Å². The maximum atomic E-state index is 12.2. The van der Waals surface area contributed by atoms with E-state index in [-0.39, 0.29) is 5.91 Å². The molecule has 2 aromatic carbocycles. The molecule has 1 N–H and O–H groups in total. The monoisotopic (exact) mass is 352 g/mol. The molecule has 0 aliphatic carbocycles. The largest absolute Gasteiger partial charge is 0.496 e. The van der Waals surface area contributed by atoms with E-state index in [1.807, 2.05) is 61.7 Å². The van der Waals surface area contributed by atoms with Crippen LogP contribution < -0.4 is 10.1 Å². The van der Waals surface area contributed by atoms with Gasteiger partial charge in [0, 0.05) is 10.9 Å². The molecular weight excluding hydrogens is 332 g/mol. The molecule has 0 unspecified atom stereocenters. The SMILES string of the molecule is COc1ccc(-c2csc(NC(=O)Cc3ccc(C)cc3)n2)cc1C. The van der Waals surface area contributed by atoms with Crippen molar-refractivity contribution in [2.75, 3.05) is 12.4 Å².